The Hall–Kier alpha value is -1.43. The third-order valence-electron chi connectivity index (χ3n) is 0.988. The van der Waals surface area contributed by atoms with E-state index < -0.39 is 0 Å². The molecule has 0 aliphatic heterocycles. The molecule has 1 heterocycles. The summed E-state index contributed by atoms with van der Waals surface area (Å²) in [6, 6.07) is 0. The van der Waals surface area contributed by atoms with E-state index >= 15 is 0 Å². The molecule has 1 aromatic heterocycles. The summed E-state index contributed by atoms with van der Waals surface area (Å²) in [5, 5.41) is 0. The largest absolute Gasteiger partial charge is 0.219 e. The molecule has 50 valence electrons. The van der Waals surface area contributed by atoms with Gasteiger partial charge in [0.05, 0.1) is 0 Å². The van der Waals surface area contributed by atoms with Crippen LogP contribution in [0.2, 0.25) is 0 Å². The van der Waals surface area contributed by atoms with E-state index in [4.69, 9.17) is 6.42 Å². The predicted octanol–water partition coefficient (Wildman–Crippen LogP) is 0.470. The summed E-state index contributed by atoms with van der Waals surface area (Å²) >= 11 is 0. The van der Waals surface area contributed by atoms with E-state index in [2.05, 4.69) is 20.9 Å². The van der Waals surface area contributed by atoms with E-state index in [-0.39, 0.29) is 0 Å². The van der Waals surface area contributed by atoms with Gasteiger partial charge in [-0.25, -0.2) is 15.0 Å². The third-order valence-corrected chi connectivity index (χ3v) is 0.988. The van der Waals surface area contributed by atoms with E-state index in [0.29, 0.717) is 17.5 Å². The van der Waals surface area contributed by atoms with Crippen molar-refractivity contribution in [3.63, 3.8) is 0 Å². The number of aromatic nitrogens is 3. The maximum Gasteiger partial charge on any atom is 0.208 e. The fourth-order valence-corrected chi connectivity index (χ4v) is 0.680. The summed E-state index contributed by atoms with van der Waals surface area (Å²) in [5.74, 6) is 4.09. The van der Waals surface area contributed by atoms with Gasteiger partial charge in [0.1, 0.15) is 11.6 Å². The lowest BCUT2D eigenvalue weighted by atomic mass is 10.5. The molecule has 0 bridgehead atoms. The molecule has 0 aliphatic carbocycles. The van der Waals surface area contributed by atoms with Crippen molar-refractivity contribution in [2.24, 2.45) is 0 Å². The Morgan fingerprint density at radius 1 is 1.10 bits per heavy atom. The van der Waals surface area contributed by atoms with Gasteiger partial charge in [-0.05, 0) is 19.8 Å². The Balaban J connectivity index is 3.22. The summed E-state index contributed by atoms with van der Waals surface area (Å²) in [5.41, 5.74) is 0. The minimum atomic E-state index is 0.407. The highest BCUT2D eigenvalue weighted by Crippen LogP contribution is 1.90. The van der Waals surface area contributed by atoms with Crippen LogP contribution in [0.25, 0.3) is 0 Å². The average Bonchev–Trinajstić information content (AvgIpc) is 1.85. The number of nitrogens with zero attached hydrogens (tertiary/aromatic N) is 3. The van der Waals surface area contributed by atoms with Gasteiger partial charge in [0.2, 0.25) is 5.82 Å². The van der Waals surface area contributed by atoms with Crippen LogP contribution in [0.5, 0.6) is 0 Å². The minimum Gasteiger partial charge on any atom is -0.219 e. The van der Waals surface area contributed by atoms with Gasteiger partial charge in [-0.3, -0.25) is 0 Å². The van der Waals surface area contributed by atoms with Gasteiger partial charge in [-0.1, -0.05) is 0 Å². The van der Waals surface area contributed by atoms with Crippen molar-refractivity contribution >= 4 is 0 Å². The molecule has 0 saturated carbocycles. The zero-order valence-corrected chi connectivity index (χ0v) is 5.92. The van der Waals surface area contributed by atoms with Crippen LogP contribution in [-0.2, 0) is 0 Å². The Kier molecular flexibility index (Phi) is 1.63. The molecule has 0 amide bonds. The molecule has 0 N–H and O–H groups in total. The maximum absolute atomic E-state index is 5.08. The number of hydrogen-bond donors (Lipinski definition) is 0. The Morgan fingerprint density at radius 2 is 1.60 bits per heavy atom. The maximum atomic E-state index is 5.08. The fraction of sp³-hybridized carbons (Fsp3) is 0.286. The number of terminal acetylenes is 1. The van der Waals surface area contributed by atoms with Gasteiger partial charge < -0.3 is 0 Å². The van der Waals surface area contributed by atoms with Gasteiger partial charge in [0, 0.05) is 0 Å². The monoisotopic (exact) mass is 133 g/mol. The molecule has 0 unspecified atom stereocenters. The smallest absolute Gasteiger partial charge is 0.208 e. The molecule has 0 radical (unpaired) electrons. The third kappa shape index (κ3) is 1.29. The first-order valence-electron chi connectivity index (χ1n) is 2.88. The second kappa shape index (κ2) is 2.44. The second-order valence-corrected chi connectivity index (χ2v) is 1.90. The summed E-state index contributed by atoms with van der Waals surface area (Å²) in [4.78, 5) is 11.8. The molecule has 1 aromatic rings. The Labute approximate surface area is 59.5 Å². The van der Waals surface area contributed by atoms with E-state index in [1.807, 2.05) is 0 Å². The van der Waals surface area contributed by atoms with Crippen molar-refractivity contribution in [3.8, 4) is 12.3 Å². The van der Waals surface area contributed by atoms with Crippen molar-refractivity contribution in [1.82, 2.24) is 15.0 Å². The van der Waals surface area contributed by atoms with Gasteiger partial charge >= 0.3 is 0 Å². The quantitative estimate of drug-likeness (QED) is 0.483. The van der Waals surface area contributed by atoms with E-state index in [0.717, 1.165) is 0 Å². The van der Waals surface area contributed by atoms with Crippen LogP contribution in [0.15, 0.2) is 0 Å². The molecule has 0 atom stereocenters. The van der Waals surface area contributed by atoms with Crippen molar-refractivity contribution in [1.29, 1.82) is 0 Å². The molecule has 10 heavy (non-hydrogen) atoms. The summed E-state index contributed by atoms with van der Waals surface area (Å²) in [6.45, 7) is 3.57. The van der Waals surface area contributed by atoms with Crippen molar-refractivity contribution in [2.45, 2.75) is 13.8 Å². The highest BCUT2D eigenvalue weighted by molar-refractivity contribution is 5.15. The van der Waals surface area contributed by atoms with Gasteiger partial charge in [0.25, 0.3) is 0 Å². The molecule has 3 nitrogen and oxygen atoms in total. The Bertz CT molecular complexity index is 265. The number of hydrogen-bond acceptors (Lipinski definition) is 3. The zero-order valence-electron chi connectivity index (χ0n) is 5.92. The standard InChI is InChI=1S/C7H7N3/c1-4-7-9-5(2)8-6(3)10-7/h1H,2-3H3. The van der Waals surface area contributed by atoms with Crippen molar-refractivity contribution < 1.29 is 0 Å². The Morgan fingerprint density at radius 3 is 2.00 bits per heavy atom. The fourth-order valence-electron chi connectivity index (χ4n) is 0.680. The normalized spacial score (nSPS) is 8.90. The topological polar surface area (TPSA) is 38.7 Å². The SMILES string of the molecule is C#Cc1nc(C)nc(C)n1. The lowest BCUT2D eigenvalue weighted by Gasteiger charge is -1.93. The van der Waals surface area contributed by atoms with Gasteiger partial charge in [0.15, 0.2) is 0 Å². The van der Waals surface area contributed by atoms with Crippen LogP contribution in [0.4, 0.5) is 0 Å². The van der Waals surface area contributed by atoms with Crippen molar-refractivity contribution in [2.75, 3.05) is 0 Å². The summed E-state index contributed by atoms with van der Waals surface area (Å²) < 4.78 is 0. The van der Waals surface area contributed by atoms with E-state index in [1.165, 1.54) is 0 Å². The van der Waals surface area contributed by atoms with E-state index in [1.54, 1.807) is 13.8 Å². The molecule has 1 rings (SSSR count). The van der Waals surface area contributed by atoms with Gasteiger partial charge in [-0.15, -0.1) is 6.42 Å². The lowest BCUT2D eigenvalue weighted by molar-refractivity contribution is 0.904. The second-order valence-electron chi connectivity index (χ2n) is 1.90. The predicted molar refractivity (Wildman–Crippen MR) is 37.2 cm³/mol. The van der Waals surface area contributed by atoms with Crippen LogP contribution in [0, 0.1) is 26.2 Å². The molecular formula is C7H7N3. The summed E-state index contributed by atoms with van der Waals surface area (Å²) in [7, 11) is 0. The van der Waals surface area contributed by atoms with Crippen LogP contribution < -0.4 is 0 Å². The van der Waals surface area contributed by atoms with Crippen LogP contribution >= 0.6 is 0 Å². The molecule has 0 saturated heterocycles. The van der Waals surface area contributed by atoms with Crippen LogP contribution in [-0.4, -0.2) is 15.0 Å². The first-order valence-corrected chi connectivity index (χ1v) is 2.88. The van der Waals surface area contributed by atoms with Crippen LogP contribution in [0.3, 0.4) is 0 Å². The first-order chi connectivity index (χ1) is 4.72. The molecule has 3 heteroatoms. The minimum absolute atomic E-state index is 0.407. The molecule has 0 fully saturated rings. The zero-order chi connectivity index (χ0) is 7.56. The molecule has 0 aliphatic rings. The lowest BCUT2D eigenvalue weighted by Crippen LogP contribution is -1.98. The highest BCUT2D eigenvalue weighted by Gasteiger charge is 1.94. The number of rotatable bonds is 0. The number of aryl methyl sites for hydroxylation is 2. The molecular weight excluding hydrogens is 126 g/mol. The highest BCUT2D eigenvalue weighted by atomic mass is 15.0. The molecule has 0 aromatic carbocycles. The first kappa shape index (κ1) is 6.69. The van der Waals surface area contributed by atoms with Gasteiger partial charge in [-0.2, -0.15) is 0 Å². The average molecular weight is 133 g/mol. The summed E-state index contributed by atoms with van der Waals surface area (Å²) in [6.07, 6.45) is 5.08. The van der Waals surface area contributed by atoms with Crippen molar-refractivity contribution in [3.05, 3.63) is 17.5 Å². The van der Waals surface area contributed by atoms with E-state index in [9.17, 15) is 0 Å². The molecule has 0 spiro atoms. The van der Waals surface area contributed by atoms with Crippen LogP contribution in [0.1, 0.15) is 17.5 Å².